The van der Waals surface area contributed by atoms with Gasteiger partial charge in [-0.25, -0.2) is 0 Å². The topological polar surface area (TPSA) is 70.2 Å². The normalized spacial score (nSPS) is 11.6. The van der Waals surface area contributed by atoms with Gasteiger partial charge in [-0.3, -0.25) is 9.59 Å². The van der Waals surface area contributed by atoms with Crippen molar-refractivity contribution >= 4 is 28.9 Å². The van der Waals surface area contributed by atoms with Gasteiger partial charge >= 0.3 is 0 Å². The molecule has 5 heteroatoms. The SMILES string of the molecule is CC(C)C(NC(=O)Cc1ccccc1)C(=O)Nc1ccc(Nc2ccccc2)cc1. The van der Waals surface area contributed by atoms with Gasteiger partial charge < -0.3 is 16.0 Å². The van der Waals surface area contributed by atoms with E-state index in [9.17, 15) is 9.59 Å². The van der Waals surface area contributed by atoms with Gasteiger partial charge in [0.25, 0.3) is 0 Å². The molecule has 0 heterocycles. The largest absolute Gasteiger partial charge is 0.356 e. The molecule has 2 amide bonds. The van der Waals surface area contributed by atoms with Gasteiger partial charge in [0.1, 0.15) is 6.04 Å². The van der Waals surface area contributed by atoms with E-state index >= 15 is 0 Å². The lowest BCUT2D eigenvalue weighted by atomic mass is 10.0. The van der Waals surface area contributed by atoms with Crippen molar-refractivity contribution in [1.82, 2.24) is 5.32 Å². The van der Waals surface area contributed by atoms with Gasteiger partial charge in [-0.05, 0) is 47.9 Å². The molecule has 3 rings (SSSR count). The Hall–Kier alpha value is -3.60. The molecule has 0 spiro atoms. The van der Waals surface area contributed by atoms with Crippen molar-refractivity contribution in [2.24, 2.45) is 5.92 Å². The summed E-state index contributed by atoms with van der Waals surface area (Å²) >= 11 is 0. The van der Waals surface area contributed by atoms with Crippen molar-refractivity contribution in [2.75, 3.05) is 10.6 Å². The van der Waals surface area contributed by atoms with Crippen molar-refractivity contribution in [1.29, 1.82) is 0 Å². The molecule has 3 aromatic rings. The Kier molecular flexibility index (Phi) is 7.22. The van der Waals surface area contributed by atoms with Crippen molar-refractivity contribution in [2.45, 2.75) is 26.3 Å². The molecule has 0 fully saturated rings. The van der Waals surface area contributed by atoms with Gasteiger partial charge in [-0.2, -0.15) is 0 Å². The number of nitrogens with one attached hydrogen (secondary N) is 3. The first-order valence-corrected chi connectivity index (χ1v) is 10.1. The third-order valence-corrected chi connectivity index (χ3v) is 4.69. The Balaban J connectivity index is 1.58. The molecule has 1 unspecified atom stereocenters. The first kappa shape index (κ1) is 21.1. The van der Waals surface area contributed by atoms with Crippen LogP contribution in [0.5, 0.6) is 0 Å². The first-order chi connectivity index (χ1) is 14.5. The number of carbonyl (C=O) groups excluding carboxylic acids is 2. The number of hydrogen-bond acceptors (Lipinski definition) is 3. The molecule has 30 heavy (non-hydrogen) atoms. The average molecular weight is 402 g/mol. The Morgan fingerprint density at radius 1 is 0.733 bits per heavy atom. The highest BCUT2D eigenvalue weighted by Gasteiger charge is 2.24. The van der Waals surface area contributed by atoms with E-state index in [1.807, 2.05) is 98.8 Å². The van der Waals surface area contributed by atoms with E-state index in [4.69, 9.17) is 0 Å². The number of hydrogen-bond donors (Lipinski definition) is 3. The smallest absolute Gasteiger partial charge is 0.247 e. The summed E-state index contributed by atoms with van der Waals surface area (Å²) in [5.74, 6) is -0.434. The quantitative estimate of drug-likeness (QED) is 0.510. The molecule has 5 nitrogen and oxygen atoms in total. The van der Waals surface area contributed by atoms with E-state index in [0.29, 0.717) is 5.69 Å². The van der Waals surface area contributed by atoms with Crippen LogP contribution in [0.25, 0.3) is 0 Å². The van der Waals surface area contributed by atoms with Crippen molar-refractivity contribution < 1.29 is 9.59 Å². The van der Waals surface area contributed by atoms with Crippen LogP contribution in [0.3, 0.4) is 0 Å². The summed E-state index contributed by atoms with van der Waals surface area (Å²) in [5, 5.41) is 9.07. The van der Waals surface area contributed by atoms with Crippen LogP contribution in [0.2, 0.25) is 0 Å². The van der Waals surface area contributed by atoms with Crippen LogP contribution in [-0.2, 0) is 16.0 Å². The molecule has 0 bridgehead atoms. The molecule has 0 aromatic heterocycles. The minimum Gasteiger partial charge on any atom is -0.356 e. The Morgan fingerprint density at radius 2 is 1.27 bits per heavy atom. The number of benzene rings is 3. The number of anilines is 3. The Bertz CT molecular complexity index is 955. The third-order valence-electron chi connectivity index (χ3n) is 4.69. The van der Waals surface area contributed by atoms with E-state index in [1.165, 1.54) is 0 Å². The maximum atomic E-state index is 12.8. The molecule has 0 aliphatic carbocycles. The molecule has 0 radical (unpaired) electrons. The second-order valence-corrected chi connectivity index (χ2v) is 7.51. The predicted molar refractivity (Wildman–Crippen MR) is 122 cm³/mol. The zero-order chi connectivity index (χ0) is 21.3. The van der Waals surface area contributed by atoms with Gasteiger partial charge in [-0.1, -0.05) is 62.4 Å². The lowest BCUT2D eigenvalue weighted by Gasteiger charge is -2.22. The maximum Gasteiger partial charge on any atom is 0.247 e. The van der Waals surface area contributed by atoms with Crippen molar-refractivity contribution in [3.8, 4) is 0 Å². The zero-order valence-corrected chi connectivity index (χ0v) is 17.3. The van der Waals surface area contributed by atoms with Gasteiger partial charge in [-0.15, -0.1) is 0 Å². The molecule has 3 aromatic carbocycles. The van der Waals surface area contributed by atoms with E-state index < -0.39 is 6.04 Å². The zero-order valence-electron chi connectivity index (χ0n) is 17.3. The summed E-state index contributed by atoms with van der Waals surface area (Å²) in [6.07, 6.45) is 0.247. The highest BCUT2D eigenvalue weighted by Crippen LogP contribution is 2.19. The number of amides is 2. The number of para-hydroxylation sites is 1. The standard InChI is InChI=1S/C25H27N3O2/c1-18(2)24(28-23(29)17-19-9-5-3-6-10-19)25(30)27-22-15-13-21(14-16-22)26-20-11-7-4-8-12-20/h3-16,18,24,26H,17H2,1-2H3,(H,27,30)(H,28,29). The molecule has 3 N–H and O–H groups in total. The summed E-state index contributed by atoms with van der Waals surface area (Å²) in [5.41, 5.74) is 3.52. The second-order valence-electron chi connectivity index (χ2n) is 7.51. The summed E-state index contributed by atoms with van der Waals surface area (Å²) in [6, 6.07) is 26.2. The molecular weight excluding hydrogens is 374 g/mol. The van der Waals surface area contributed by atoms with Gasteiger partial charge in [0, 0.05) is 17.1 Å². The number of rotatable bonds is 8. The molecule has 0 saturated heterocycles. The van der Waals surface area contributed by atoms with Gasteiger partial charge in [0.15, 0.2) is 0 Å². The minimum atomic E-state index is -0.608. The van der Waals surface area contributed by atoms with Crippen LogP contribution >= 0.6 is 0 Å². The summed E-state index contributed by atoms with van der Waals surface area (Å²) in [4.78, 5) is 25.2. The molecule has 1 atom stereocenters. The summed E-state index contributed by atoms with van der Waals surface area (Å²) < 4.78 is 0. The van der Waals surface area contributed by atoms with Crippen LogP contribution in [0.4, 0.5) is 17.1 Å². The summed E-state index contributed by atoms with van der Waals surface area (Å²) in [6.45, 7) is 3.83. The number of carbonyl (C=O) groups is 2. The summed E-state index contributed by atoms with van der Waals surface area (Å²) in [7, 11) is 0. The van der Waals surface area contributed by atoms with Gasteiger partial charge in [0.2, 0.25) is 11.8 Å². The second kappa shape index (κ2) is 10.3. The highest BCUT2D eigenvalue weighted by atomic mass is 16.2. The van der Waals surface area contributed by atoms with Crippen LogP contribution < -0.4 is 16.0 Å². The molecular formula is C25H27N3O2. The van der Waals surface area contributed by atoms with E-state index in [0.717, 1.165) is 16.9 Å². The van der Waals surface area contributed by atoms with Crippen molar-refractivity contribution in [3.05, 3.63) is 90.5 Å². The van der Waals surface area contributed by atoms with E-state index in [2.05, 4.69) is 16.0 Å². The van der Waals surface area contributed by atoms with Crippen LogP contribution in [0, 0.1) is 5.92 Å². The van der Waals surface area contributed by atoms with Crippen LogP contribution in [-0.4, -0.2) is 17.9 Å². The molecule has 0 aliphatic heterocycles. The average Bonchev–Trinajstić information content (AvgIpc) is 2.74. The lowest BCUT2D eigenvalue weighted by molar-refractivity contribution is -0.127. The molecule has 0 saturated carbocycles. The lowest BCUT2D eigenvalue weighted by Crippen LogP contribution is -2.47. The molecule has 0 aliphatic rings. The van der Waals surface area contributed by atoms with Gasteiger partial charge in [0.05, 0.1) is 6.42 Å². The Morgan fingerprint density at radius 3 is 1.87 bits per heavy atom. The first-order valence-electron chi connectivity index (χ1n) is 10.1. The fourth-order valence-corrected chi connectivity index (χ4v) is 3.09. The van der Waals surface area contributed by atoms with Crippen LogP contribution in [0.15, 0.2) is 84.9 Å². The van der Waals surface area contributed by atoms with Crippen LogP contribution in [0.1, 0.15) is 19.4 Å². The van der Waals surface area contributed by atoms with Crippen molar-refractivity contribution in [3.63, 3.8) is 0 Å². The fourth-order valence-electron chi connectivity index (χ4n) is 3.09. The monoisotopic (exact) mass is 401 g/mol. The maximum absolute atomic E-state index is 12.8. The third kappa shape index (κ3) is 6.21. The highest BCUT2D eigenvalue weighted by molar-refractivity contribution is 5.97. The molecule has 154 valence electrons. The van der Waals surface area contributed by atoms with E-state index in [1.54, 1.807) is 0 Å². The fraction of sp³-hybridized carbons (Fsp3) is 0.200. The Labute approximate surface area is 177 Å². The van der Waals surface area contributed by atoms with E-state index in [-0.39, 0.29) is 24.2 Å². The minimum absolute atomic E-state index is 0.0382. The predicted octanol–water partition coefficient (Wildman–Crippen LogP) is 4.75.